The maximum atomic E-state index is 12.5. The molecule has 1 aromatic carbocycles. The summed E-state index contributed by atoms with van der Waals surface area (Å²) >= 11 is 6.94. The van der Waals surface area contributed by atoms with Crippen molar-refractivity contribution in [1.82, 2.24) is 4.90 Å². The van der Waals surface area contributed by atoms with Crippen LogP contribution in [-0.2, 0) is 10.2 Å². The highest BCUT2D eigenvalue weighted by Crippen LogP contribution is 2.46. The molecule has 128 valence electrons. The molecule has 24 heavy (non-hydrogen) atoms. The summed E-state index contributed by atoms with van der Waals surface area (Å²) in [7, 11) is 2.04. The summed E-state index contributed by atoms with van der Waals surface area (Å²) in [6.45, 7) is 6.42. The van der Waals surface area contributed by atoms with Crippen molar-refractivity contribution in [2.75, 3.05) is 30.8 Å². The highest BCUT2D eigenvalue weighted by atomic mass is 32.2. The molecule has 1 aromatic rings. The van der Waals surface area contributed by atoms with E-state index in [4.69, 9.17) is 12.2 Å². The Hall–Kier alpha value is -1.33. The normalized spacial score (nSPS) is 20.5. The summed E-state index contributed by atoms with van der Waals surface area (Å²) in [5, 5.41) is 0. The van der Waals surface area contributed by atoms with E-state index in [0.717, 1.165) is 23.1 Å². The molecule has 0 aliphatic carbocycles. The molecule has 3 nitrogen and oxygen atoms in total. The van der Waals surface area contributed by atoms with Crippen molar-refractivity contribution in [2.24, 2.45) is 0 Å². The number of thiocarbonyl (C=S) groups is 1. The maximum Gasteiger partial charge on any atom is 0.167 e. The van der Waals surface area contributed by atoms with Gasteiger partial charge in [-0.25, -0.2) is 0 Å². The molecule has 0 atom stereocenters. The van der Waals surface area contributed by atoms with E-state index in [0.29, 0.717) is 5.75 Å². The number of hydrogen-bond donors (Lipinski definition) is 0. The van der Waals surface area contributed by atoms with E-state index in [1.165, 1.54) is 35.9 Å². The van der Waals surface area contributed by atoms with E-state index < -0.39 is 0 Å². The SMILES string of the molecule is CN1C(=CC(=O)CSC(=S)N2CCCC2)C(C)(C)c2ccccc21. The Bertz CT molecular complexity index is 690. The number of benzene rings is 1. The van der Waals surface area contributed by atoms with Gasteiger partial charge < -0.3 is 9.80 Å². The van der Waals surface area contributed by atoms with Gasteiger partial charge in [0.1, 0.15) is 4.32 Å². The van der Waals surface area contributed by atoms with Crippen LogP contribution in [0.3, 0.4) is 0 Å². The number of likely N-dealkylation sites (N-methyl/N-ethyl adjacent to an activating group) is 1. The topological polar surface area (TPSA) is 23.6 Å². The zero-order valence-corrected chi connectivity index (χ0v) is 16.2. The van der Waals surface area contributed by atoms with E-state index in [2.05, 4.69) is 41.8 Å². The Labute approximate surface area is 154 Å². The molecule has 2 aliphatic rings. The first-order chi connectivity index (χ1) is 11.4. The average molecular weight is 361 g/mol. The molecule has 0 spiro atoms. The third-order valence-corrected chi connectivity index (χ3v) is 6.49. The van der Waals surface area contributed by atoms with Crippen molar-refractivity contribution in [2.45, 2.75) is 32.1 Å². The van der Waals surface area contributed by atoms with E-state index in [1.807, 2.05) is 13.1 Å². The van der Waals surface area contributed by atoms with Crippen LogP contribution in [0.5, 0.6) is 0 Å². The first kappa shape index (κ1) is 17.5. The molecule has 0 aromatic heterocycles. The van der Waals surface area contributed by atoms with Crippen LogP contribution in [0, 0.1) is 0 Å². The average Bonchev–Trinajstić information content (AvgIpc) is 3.16. The highest BCUT2D eigenvalue weighted by molar-refractivity contribution is 8.23. The number of anilines is 1. The summed E-state index contributed by atoms with van der Waals surface area (Å²) in [5.41, 5.74) is 3.36. The fourth-order valence-corrected chi connectivity index (χ4v) is 4.65. The van der Waals surface area contributed by atoms with Gasteiger partial charge in [0, 0.05) is 43.0 Å². The molecule has 0 N–H and O–H groups in total. The lowest BCUT2D eigenvalue weighted by Gasteiger charge is -2.24. The summed E-state index contributed by atoms with van der Waals surface area (Å²) < 4.78 is 0.863. The minimum absolute atomic E-state index is 0.129. The van der Waals surface area contributed by atoms with Gasteiger partial charge in [0.25, 0.3) is 0 Å². The Balaban J connectivity index is 1.69. The van der Waals surface area contributed by atoms with Gasteiger partial charge in [-0.2, -0.15) is 0 Å². The fraction of sp³-hybridized carbons (Fsp3) is 0.474. The predicted octanol–water partition coefficient (Wildman–Crippen LogP) is 3.98. The summed E-state index contributed by atoms with van der Waals surface area (Å²) in [6, 6.07) is 8.36. The largest absolute Gasteiger partial charge is 0.358 e. The van der Waals surface area contributed by atoms with Crippen LogP contribution in [0.15, 0.2) is 36.0 Å². The van der Waals surface area contributed by atoms with Crippen LogP contribution in [0.4, 0.5) is 5.69 Å². The zero-order valence-electron chi connectivity index (χ0n) is 14.5. The number of fused-ring (bicyclic) bond motifs is 1. The Morgan fingerprint density at radius 3 is 2.62 bits per heavy atom. The first-order valence-electron chi connectivity index (χ1n) is 8.41. The number of allylic oxidation sites excluding steroid dienone is 2. The summed E-state index contributed by atoms with van der Waals surface area (Å²) in [6.07, 6.45) is 4.21. The molecule has 2 aliphatic heterocycles. The third kappa shape index (κ3) is 3.24. The van der Waals surface area contributed by atoms with Crippen LogP contribution in [0.2, 0.25) is 0 Å². The number of rotatable bonds is 3. The third-order valence-electron chi connectivity index (χ3n) is 4.94. The molecule has 3 rings (SSSR count). The molecule has 0 saturated carbocycles. The number of nitrogens with zero attached hydrogens (tertiary/aromatic N) is 2. The second kappa shape index (κ2) is 6.89. The molecular formula is C19H24N2OS2. The standard InChI is InChI=1S/C19H24N2OS2/c1-19(2)15-8-4-5-9-16(15)20(3)17(19)12-14(22)13-24-18(23)21-10-6-7-11-21/h4-5,8-9,12H,6-7,10-11,13H2,1-3H3. The smallest absolute Gasteiger partial charge is 0.167 e. The highest BCUT2D eigenvalue weighted by Gasteiger charge is 2.38. The lowest BCUT2D eigenvalue weighted by atomic mass is 9.83. The van der Waals surface area contributed by atoms with Gasteiger partial charge in [-0.05, 0) is 24.5 Å². The number of carbonyl (C=O) groups excluding carboxylic acids is 1. The van der Waals surface area contributed by atoms with Gasteiger partial charge in [0.15, 0.2) is 5.78 Å². The van der Waals surface area contributed by atoms with Crippen molar-refractivity contribution < 1.29 is 4.79 Å². The lowest BCUT2D eigenvalue weighted by molar-refractivity contribution is -0.112. The first-order valence-corrected chi connectivity index (χ1v) is 9.80. The van der Waals surface area contributed by atoms with Crippen LogP contribution in [-0.4, -0.2) is 40.9 Å². The van der Waals surface area contributed by atoms with Crippen molar-refractivity contribution >= 4 is 39.8 Å². The van der Waals surface area contributed by atoms with Crippen molar-refractivity contribution in [3.8, 4) is 0 Å². The number of likely N-dealkylation sites (tertiary alicyclic amines) is 1. The Kier molecular flexibility index (Phi) is 5.02. The summed E-state index contributed by atoms with van der Waals surface area (Å²) in [5.74, 6) is 0.545. The number of hydrogen-bond acceptors (Lipinski definition) is 4. The number of thioether (sulfide) groups is 1. The molecule has 0 unspecified atom stereocenters. The molecule has 1 fully saturated rings. The molecular weight excluding hydrogens is 336 g/mol. The lowest BCUT2D eigenvalue weighted by Crippen LogP contribution is -2.25. The van der Waals surface area contributed by atoms with E-state index in [-0.39, 0.29) is 11.2 Å². The van der Waals surface area contributed by atoms with Gasteiger partial charge in [-0.3, -0.25) is 4.79 Å². The van der Waals surface area contributed by atoms with Gasteiger partial charge in [0.05, 0.1) is 5.75 Å². The van der Waals surface area contributed by atoms with Crippen LogP contribution in [0.25, 0.3) is 0 Å². The fourth-order valence-electron chi connectivity index (χ4n) is 3.58. The second-order valence-electron chi connectivity index (χ2n) is 6.95. The van der Waals surface area contributed by atoms with E-state index in [9.17, 15) is 4.79 Å². The number of ketones is 1. The monoisotopic (exact) mass is 360 g/mol. The van der Waals surface area contributed by atoms with Crippen molar-refractivity contribution in [1.29, 1.82) is 0 Å². The molecule has 0 radical (unpaired) electrons. The maximum absolute atomic E-state index is 12.5. The van der Waals surface area contributed by atoms with Crippen LogP contribution >= 0.6 is 24.0 Å². The van der Waals surface area contributed by atoms with Gasteiger partial charge in [-0.1, -0.05) is 56.0 Å². The molecule has 0 bridgehead atoms. The molecule has 1 saturated heterocycles. The predicted molar refractivity (Wildman–Crippen MR) is 107 cm³/mol. The van der Waals surface area contributed by atoms with Crippen molar-refractivity contribution in [3.63, 3.8) is 0 Å². The van der Waals surface area contributed by atoms with Gasteiger partial charge >= 0.3 is 0 Å². The van der Waals surface area contributed by atoms with Crippen molar-refractivity contribution in [3.05, 3.63) is 41.6 Å². The van der Waals surface area contributed by atoms with Gasteiger partial charge in [0.2, 0.25) is 0 Å². The van der Waals surface area contributed by atoms with Crippen LogP contribution < -0.4 is 4.90 Å². The molecule has 2 heterocycles. The minimum Gasteiger partial charge on any atom is -0.358 e. The molecule has 0 amide bonds. The van der Waals surface area contributed by atoms with Gasteiger partial charge in [-0.15, -0.1) is 0 Å². The van der Waals surface area contributed by atoms with E-state index >= 15 is 0 Å². The van der Waals surface area contributed by atoms with Crippen LogP contribution in [0.1, 0.15) is 32.3 Å². The zero-order chi connectivity index (χ0) is 17.3. The Morgan fingerprint density at radius 2 is 1.96 bits per heavy atom. The quantitative estimate of drug-likeness (QED) is 0.599. The molecule has 5 heteroatoms. The second-order valence-corrected chi connectivity index (χ2v) is 8.55. The number of para-hydroxylation sites is 1. The summed E-state index contributed by atoms with van der Waals surface area (Å²) in [4.78, 5) is 16.8. The minimum atomic E-state index is -0.152. The Morgan fingerprint density at radius 1 is 1.29 bits per heavy atom. The number of carbonyl (C=O) groups is 1. The van der Waals surface area contributed by atoms with E-state index in [1.54, 1.807) is 6.08 Å².